The molecule has 1 N–H and O–H groups in total. The number of carboxylic acids is 1. The van der Waals surface area contributed by atoms with E-state index in [0.717, 1.165) is 12.8 Å². The van der Waals surface area contributed by atoms with Gasteiger partial charge in [-0.1, -0.05) is 30.3 Å². The zero-order valence-corrected chi connectivity index (χ0v) is 14.1. The Balaban J connectivity index is 1.52. The second kappa shape index (κ2) is 7.34. The van der Waals surface area contributed by atoms with Gasteiger partial charge in [-0.3, -0.25) is 9.59 Å². The van der Waals surface area contributed by atoms with Crippen LogP contribution in [0, 0.1) is 5.92 Å². The van der Waals surface area contributed by atoms with E-state index in [1.165, 1.54) is 5.56 Å². The van der Waals surface area contributed by atoms with Gasteiger partial charge < -0.3 is 14.7 Å². The number of amides is 1. The van der Waals surface area contributed by atoms with Gasteiger partial charge in [0.25, 0.3) is 0 Å². The van der Waals surface area contributed by atoms with E-state index in [4.69, 9.17) is 9.84 Å². The van der Waals surface area contributed by atoms with Crippen LogP contribution in [0.1, 0.15) is 43.6 Å². The number of aliphatic carboxylic acids is 1. The summed E-state index contributed by atoms with van der Waals surface area (Å²) in [5.74, 6) is 0.193. The lowest BCUT2D eigenvalue weighted by Gasteiger charge is -2.36. The van der Waals surface area contributed by atoms with Crippen LogP contribution in [0.5, 0.6) is 0 Å². The number of likely N-dealkylation sites (tertiary alicyclic amines) is 1. The smallest absolute Gasteiger partial charge is 0.305 e. The van der Waals surface area contributed by atoms with Crippen LogP contribution in [0.15, 0.2) is 30.3 Å². The first-order valence-electron chi connectivity index (χ1n) is 8.65. The molecule has 0 radical (unpaired) electrons. The summed E-state index contributed by atoms with van der Waals surface area (Å²) in [5.41, 5.74) is 1.35. The van der Waals surface area contributed by atoms with Crippen LogP contribution >= 0.6 is 0 Å². The Labute approximate surface area is 142 Å². The number of ether oxygens (including phenoxy) is 1. The molecule has 0 aromatic heterocycles. The number of nitrogens with zero attached hydrogens (tertiary/aromatic N) is 1. The molecule has 3 rings (SSSR count). The molecule has 2 unspecified atom stereocenters. The molecule has 1 aromatic carbocycles. The molecule has 1 saturated carbocycles. The maximum absolute atomic E-state index is 12.6. The van der Waals surface area contributed by atoms with Crippen molar-refractivity contribution in [3.05, 3.63) is 35.9 Å². The summed E-state index contributed by atoms with van der Waals surface area (Å²) in [5, 5.41) is 9.05. The highest BCUT2D eigenvalue weighted by molar-refractivity contribution is 5.78. The lowest BCUT2D eigenvalue weighted by molar-refractivity contribution is -0.140. The first-order chi connectivity index (χ1) is 11.6. The Morgan fingerprint density at radius 2 is 1.88 bits per heavy atom. The van der Waals surface area contributed by atoms with Crippen molar-refractivity contribution in [2.75, 3.05) is 13.7 Å². The van der Waals surface area contributed by atoms with Crippen LogP contribution in [0.25, 0.3) is 0 Å². The second-order valence-electron chi connectivity index (χ2n) is 7.04. The van der Waals surface area contributed by atoms with E-state index in [1.807, 2.05) is 6.07 Å². The average Bonchev–Trinajstić information content (AvgIpc) is 2.93. The summed E-state index contributed by atoms with van der Waals surface area (Å²) >= 11 is 0. The molecule has 2 fully saturated rings. The van der Waals surface area contributed by atoms with Gasteiger partial charge >= 0.3 is 5.97 Å². The predicted octanol–water partition coefficient (Wildman–Crippen LogP) is 2.66. The van der Waals surface area contributed by atoms with E-state index in [-0.39, 0.29) is 24.5 Å². The molecule has 1 aliphatic heterocycles. The fourth-order valence-electron chi connectivity index (χ4n) is 4.01. The third kappa shape index (κ3) is 3.78. The Morgan fingerprint density at radius 1 is 1.17 bits per heavy atom. The molecule has 130 valence electrons. The van der Waals surface area contributed by atoms with Crippen molar-refractivity contribution in [2.45, 2.75) is 50.2 Å². The molecule has 5 heteroatoms. The highest BCUT2D eigenvalue weighted by Crippen LogP contribution is 2.43. The number of methoxy groups -OCH3 is 1. The van der Waals surface area contributed by atoms with Gasteiger partial charge in [0.05, 0.1) is 12.5 Å². The molecule has 1 aromatic rings. The summed E-state index contributed by atoms with van der Waals surface area (Å²) < 4.78 is 5.34. The first-order valence-corrected chi connectivity index (χ1v) is 8.65. The Bertz CT molecular complexity index is 582. The average molecular weight is 331 g/mol. The van der Waals surface area contributed by atoms with Crippen LogP contribution in [0.2, 0.25) is 0 Å². The molecule has 0 bridgehead atoms. The van der Waals surface area contributed by atoms with Crippen LogP contribution in [-0.4, -0.2) is 47.7 Å². The summed E-state index contributed by atoms with van der Waals surface area (Å²) in [6.45, 7) is 0.516. The van der Waals surface area contributed by atoms with Crippen molar-refractivity contribution >= 4 is 11.9 Å². The predicted molar refractivity (Wildman–Crippen MR) is 89.7 cm³/mol. The van der Waals surface area contributed by atoms with Gasteiger partial charge in [0.2, 0.25) is 5.91 Å². The van der Waals surface area contributed by atoms with E-state index in [2.05, 4.69) is 24.3 Å². The van der Waals surface area contributed by atoms with Crippen LogP contribution in [-0.2, 0) is 14.3 Å². The first kappa shape index (κ1) is 17.0. The second-order valence-corrected chi connectivity index (χ2v) is 7.04. The third-order valence-corrected chi connectivity index (χ3v) is 5.41. The fraction of sp³-hybridized carbons (Fsp3) is 0.579. The highest BCUT2D eigenvalue weighted by atomic mass is 16.5. The number of hydrogen-bond donors (Lipinski definition) is 1. The van der Waals surface area contributed by atoms with Crippen molar-refractivity contribution in [3.8, 4) is 0 Å². The van der Waals surface area contributed by atoms with Crippen LogP contribution < -0.4 is 0 Å². The molecular weight excluding hydrogens is 306 g/mol. The Kier molecular flexibility index (Phi) is 5.19. The van der Waals surface area contributed by atoms with Crippen molar-refractivity contribution < 1.29 is 19.4 Å². The lowest BCUT2D eigenvalue weighted by atomic mass is 9.70. The van der Waals surface area contributed by atoms with Gasteiger partial charge in [-0.25, -0.2) is 0 Å². The molecule has 1 heterocycles. The van der Waals surface area contributed by atoms with E-state index in [1.54, 1.807) is 12.0 Å². The zero-order valence-electron chi connectivity index (χ0n) is 14.1. The summed E-state index contributed by atoms with van der Waals surface area (Å²) in [7, 11) is 1.62. The molecule has 2 atom stereocenters. The third-order valence-electron chi connectivity index (χ3n) is 5.41. The number of carbonyl (C=O) groups is 2. The van der Waals surface area contributed by atoms with Crippen LogP contribution in [0.4, 0.5) is 0 Å². The number of rotatable bonds is 6. The SMILES string of the molecule is COC1CC(CC(=O)O)N(C(=O)CC2CC(c3ccccc3)C2)C1. The molecular formula is C19H25NO4. The minimum absolute atomic E-state index is 0.00288. The molecule has 24 heavy (non-hydrogen) atoms. The quantitative estimate of drug-likeness (QED) is 0.870. The molecule has 5 nitrogen and oxygen atoms in total. The van der Waals surface area contributed by atoms with E-state index in [0.29, 0.717) is 31.2 Å². The molecule has 1 aliphatic carbocycles. The minimum Gasteiger partial charge on any atom is -0.481 e. The Hall–Kier alpha value is -1.88. The van der Waals surface area contributed by atoms with E-state index in [9.17, 15) is 9.59 Å². The van der Waals surface area contributed by atoms with Crippen molar-refractivity contribution in [1.82, 2.24) is 4.90 Å². The number of benzene rings is 1. The van der Waals surface area contributed by atoms with Crippen molar-refractivity contribution in [3.63, 3.8) is 0 Å². The lowest BCUT2D eigenvalue weighted by Crippen LogP contribution is -2.39. The van der Waals surface area contributed by atoms with Crippen LogP contribution in [0.3, 0.4) is 0 Å². The normalized spacial score (nSPS) is 29.3. The molecule has 0 spiro atoms. The zero-order chi connectivity index (χ0) is 17.1. The van der Waals surface area contributed by atoms with Gasteiger partial charge in [0.1, 0.15) is 0 Å². The van der Waals surface area contributed by atoms with E-state index < -0.39 is 5.97 Å². The van der Waals surface area contributed by atoms with Gasteiger partial charge in [0.15, 0.2) is 0 Å². The monoisotopic (exact) mass is 331 g/mol. The molecule has 2 aliphatic rings. The van der Waals surface area contributed by atoms with Gasteiger partial charge in [-0.15, -0.1) is 0 Å². The summed E-state index contributed by atoms with van der Waals surface area (Å²) in [6, 6.07) is 10.2. The van der Waals surface area contributed by atoms with Gasteiger partial charge in [0, 0.05) is 26.1 Å². The van der Waals surface area contributed by atoms with Gasteiger partial charge in [-0.2, -0.15) is 0 Å². The fourth-order valence-corrected chi connectivity index (χ4v) is 4.01. The maximum atomic E-state index is 12.6. The topological polar surface area (TPSA) is 66.8 Å². The minimum atomic E-state index is -0.859. The Morgan fingerprint density at radius 3 is 2.50 bits per heavy atom. The largest absolute Gasteiger partial charge is 0.481 e. The maximum Gasteiger partial charge on any atom is 0.305 e. The standard InChI is InChI=1S/C19H25NO4/c1-24-17-10-16(11-19(22)23)20(12-17)18(21)9-13-7-15(8-13)14-5-3-2-4-6-14/h2-6,13,15-17H,7-12H2,1H3,(H,22,23). The van der Waals surface area contributed by atoms with Gasteiger partial charge in [-0.05, 0) is 36.7 Å². The van der Waals surface area contributed by atoms with Crippen molar-refractivity contribution in [1.29, 1.82) is 0 Å². The molecule has 1 saturated heterocycles. The molecule has 1 amide bonds. The van der Waals surface area contributed by atoms with Crippen molar-refractivity contribution in [2.24, 2.45) is 5.92 Å². The number of hydrogen-bond acceptors (Lipinski definition) is 3. The number of carboxylic acid groups (broad SMARTS) is 1. The van der Waals surface area contributed by atoms with E-state index >= 15 is 0 Å². The summed E-state index contributed by atoms with van der Waals surface area (Å²) in [4.78, 5) is 25.4. The highest BCUT2D eigenvalue weighted by Gasteiger charge is 2.39. The summed E-state index contributed by atoms with van der Waals surface area (Å²) in [6.07, 6.45) is 3.18. The number of carbonyl (C=O) groups excluding carboxylic acids is 1.